The van der Waals surface area contributed by atoms with E-state index in [4.69, 9.17) is 21.1 Å². The van der Waals surface area contributed by atoms with Crippen molar-refractivity contribution in [2.45, 2.75) is 0 Å². The van der Waals surface area contributed by atoms with E-state index in [-0.39, 0.29) is 5.69 Å². The van der Waals surface area contributed by atoms with E-state index < -0.39 is 4.92 Å². The minimum atomic E-state index is -0.472. The topological polar surface area (TPSA) is 73.6 Å². The zero-order valence-electron chi connectivity index (χ0n) is 10.0. The molecule has 0 heterocycles. The van der Waals surface area contributed by atoms with E-state index in [1.807, 2.05) is 0 Å². The van der Waals surface area contributed by atoms with E-state index in [0.29, 0.717) is 37.1 Å². The summed E-state index contributed by atoms with van der Waals surface area (Å²) < 4.78 is 10.1. The van der Waals surface area contributed by atoms with E-state index in [9.17, 15) is 10.1 Å². The number of hydrogen-bond acceptors (Lipinski definition) is 5. The zero-order chi connectivity index (χ0) is 13.4. The van der Waals surface area contributed by atoms with Gasteiger partial charge in [0.25, 0.3) is 5.69 Å². The minimum absolute atomic E-state index is 0.0422. The number of nitrogens with one attached hydrogen (secondary N) is 1. The first kappa shape index (κ1) is 14.7. The fourth-order valence-corrected chi connectivity index (χ4v) is 1.57. The van der Waals surface area contributed by atoms with Crippen LogP contribution < -0.4 is 5.32 Å². The highest BCUT2D eigenvalue weighted by atomic mass is 35.5. The predicted octanol–water partition coefficient (Wildman–Crippen LogP) is 2.32. The second kappa shape index (κ2) is 7.86. The number of hydrogen-bond donors (Lipinski definition) is 1. The molecular formula is C11H15ClN2O4. The highest BCUT2D eigenvalue weighted by Crippen LogP contribution is 2.31. The van der Waals surface area contributed by atoms with Crippen LogP contribution in [0.15, 0.2) is 18.2 Å². The Hall–Kier alpha value is -1.37. The van der Waals surface area contributed by atoms with Gasteiger partial charge < -0.3 is 14.8 Å². The third-order valence-electron chi connectivity index (χ3n) is 2.17. The number of nitro benzene ring substituents is 1. The third-order valence-corrected chi connectivity index (χ3v) is 2.48. The van der Waals surface area contributed by atoms with E-state index in [2.05, 4.69) is 5.32 Å². The summed E-state index contributed by atoms with van der Waals surface area (Å²) in [5, 5.41) is 14.0. The Morgan fingerprint density at radius 2 is 2.17 bits per heavy atom. The molecule has 0 saturated carbocycles. The molecule has 1 aromatic rings. The Morgan fingerprint density at radius 1 is 1.39 bits per heavy atom. The lowest BCUT2D eigenvalue weighted by atomic mass is 10.2. The van der Waals surface area contributed by atoms with Crippen LogP contribution in [0.3, 0.4) is 0 Å². The van der Waals surface area contributed by atoms with Gasteiger partial charge in [-0.3, -0.25) is 10.1 Å². The molecule has 0 spiro atoms. The van der Waals surface area contributed by atoms with E-state index in [1.165, 1.54) is 6.07 Å². The average molecular weight is 275 g/mol. The van der Waals surface area contributed by atoms with Gasteiger partial charge in [-0.25, -0.2) is 0 Å². The fourth-order valence-electron chi connectivity index (χ4n) is 1.33. The molecule has 0 fully saturated rings. The highest BCUT2D eigenvalue weighted by molar-refractivity contribution is 6.33. The summed E-state index contributed by atoms with van der Waals surface area (Å²) >= 11 is 5.91. The zero-order valence-corrected chi connectivity index (χ0v) is 10.8. The second-order valence-corrected chi connectivity index (χ2v) is 3.83. The van der Waals surface area contributed by atoms with Crippen molar-refractivity contribution in [1.82, 2.24) is 0 Å². The van der Waals surface area contributed by atoms with Crippen molar-refractivity contribution in [2.75, 3.05) is 38.8 Å². The Morgan fingerprint density at radius 3 is 2.83 bits per heavy atom. The van der Waals surface area contributed by atoms with Gasteiger partial charge >= 0.3 is 0 Å². The summed E-state index contributed by atoms with van der Waals surface area (Å²) in [6.07, 6.45) is 0. The van der Waals surface area contributed by atoms with Crippen LogP contribution in [0.5, 0.6) is 0 Å². The maximum atomic E-state index is 10.8. The maximum absolute atomic E-state index is 10.8. The van der Waals surface area contributed by atoms with Crippen LogP contribution in [0, 0.1) is 10.1 Å². The van der Waals surface area contributed by atoms with Crippen molar-refractivity contribution in [3.63, 3.8) is 0 Å². The molecule has 0 bridgehead atoms. The Balaban J connectivity index is 2.48. The van der Waals surface area contributed by atoms with Crippen LogP contribution >= 0.6 is 11.6 Å². The molecule has 0 amide bonds. The Labute approximate surface area is 110 Å². The predicted molar refractivity (Wildman–Crippen MR) is 69.3 cm³/mol. The van der Waals surface area contributed by atoms with E-state index in [0.717, 1.165) is 0 Å². The lowest BCUT2D eigenvalue weighted by Crippen LogP contribution is -2.13. The lowest BCUT2D eigenvalue weighted by Gasteiger charge is -2.09. The van der Waals surface area contributed by atoms with E-state index in [1.54, 1.807) is 19.2 Å². The Bertz CT molecular complexity index is 401. The van der Waals surface area contributed by atoms with Crippen LogP contribution in [0.1, 0.15) is 0 Å². The van der Waals surface area contributed by atoms with Gasteiger partial charge in [0.05, 0.1) is 29.8 Å². The molecule has 0 atom stereocenters. The first-order chi connectivity index (χ1) is 8.66. The molecule has 0 radical (unpaired) electrons. The maximum Gasteiger partial charge on any atom is 0.293 e. The monoisotopic (exact) mass is 274 g/mol. The number of para-hydroxylation sites is 1. The summed E-state index contributed by atoms with van der Waals surface area (Å²) in [4.78, 5) is 10.3. The van der Waals surface area contributed by atoms with Crippen LogP contribution in [0.4, 0.5) is 11.4 Å². The van der Waals surface area contributed by atoms with Gasteiger partial charge in [-0.1, -0.05) is 17.7 Å². The SMILES string of the molecule is COCCOCCNc1c(Cl)cccc1[N+](=O)[O-]. The van der Waals surface area contributed by atoms with Gasteiger partial charge in [-0.15, -0.1) is 0 Å². The highest BCUT2D eigenvalue weighted by Gasteiger charge is 2.15. The molecule has 0 aliphatic carbocycles. The number of halogens is 1. The smallest absolute Gasteiger partial charge is 0.293 e. The van der Waals surface area contributed by atoms with Gasteiger partial charge in [0, 0.05) is 19.7 Å². The number of nitrogens with zero attached hydrogens (tertiary/aromatic N) is 1. The number of nitro groups is 1. The second-order valence-electron chi connectivity index (χ2n) is 3.42. The molecule has 0 saturated heterocycles. The van der Waals surface area contributed by atoms with E-state index >= 15 is 0 Å². The van der Waals surface area contributed by atoms with Crippen molar-refractivity contribution in [3.05, 3.63) is 33.3 Å². The summed E-state index contributed by atoms with van der Waals surface area (Å²) in [6, 6.07) is 4.55. The minimum Gasteiger partial charge on any atom is -0.382 e. The lowest BCUT2D eigenvalue weighted by molar-refractivity contribution is -0.383. The van der Waals surface area contributed by atoms with Gasteiger partial charge in [-0.05, 0) is 6.07 Å². The summed E-state index contributed by atoms with van der Waals surface area (Å²) in [5.41, 5.74) is 0.277. The average Bonchev–Trinajstić information content (AvgIpc) is 2.34. The molecule has 6 nitrogen and oxygen atoms in total. The van der Waals surface area contributed by atoms with Crippen molar-refractivity contribution in [2.24, 2.45) is 0 Å². The summed E-state index contributed by atoms with van der Waals surface area (Å²) in [7, 11) is 1.59. The fraction of sp³-hybridized carbons (Fsp3) is 0.455. The number of ether oxygens (including phenoxy) is 2. The number of anilines is 1. The molecule has 0 aliphatic heterocycles. The van der Waals surface area contributed by atoms with Crippen molar-refractivity contribution < 1.29 is 14.4 Å². The summed E-state index contributed by atoms with van der Waals surface area (Å²) in [6.45, 7) is 1.87. The number of methoxy groups -OCH3 is 1. The normalized spacial score (nSPS) is 10.3. The molecule has 0 unspecified atom stereocenters. The van der Waals surface area contributed by atoms with Gasteiger partial charge in [0.2, 0.25) is 0 Å². The van der Waals surface area contributed by atoms with Crippen LogP contribution in [-0.4, -0.2) is 38.4 Å². The molecule has 0 aromatic heterocycles. The number of benzene rings is 1. The standard InChI is InChI=1S/C11H15ClN2O4/c1-17-7-8-18-6-5-13-11-9(12)3-2-4-10(11)14(15)16/h2-4,13H,5-8H2,1H3. The van der Waals surface area contributed by atoms with Crippen LogP contribution in [-0.2, 0) is 9.47 Å². The van der Waals surface area contributed by atoms with Crippen molar-refractivity contribution in [1.29, 1.82) is 0 Å². The third kappa shape index (κ3) is 4.48. The molecular weight excluding hydrogens is 260 g/mol. The summed E-state index contributed by atoms with van der Waals surface area (Å²) in [5.74, 6) is 0. The molecule has 100 valence electrons. The molecule has 18 heavy (non-hydrogen) atoms. The molecule has 1 aromatic carbocycles. The molecule has 1 rings (SSSR count). The quantitative estimate of drug-likeness (QED) is 0.447. The first-order valence-electron chi connectivity index (χ1n) is 5.40. The first-order valence-corrected chi connectivity index (χ1v) is 5.78. The van der Waals surface area contributed by atoms with Crippen molar-refractivity contribution >= 4 is 23.0 Å². The molecule has 0 aliphatic rings. The van der Waals surface area contributed by atoms with Crippen molar-refractivity contribution in [3.8, 4) is 0 Å². The number of rotatable bonds is 8. The molecule has 1 N–H and O–H groups in total. The Kier molecular flexibility index (Phi) is 6.42. The largest absolute Gasteiger partial charge is 0.382 e. The van der Waals surface area contributed by atoms with Crippen LogP contribution in [0.25, 0.3) is 0 Å². The van der Waals surface area contributed by atoms with Crippen LogP contribution in [0.2, 0.25) is 5.02 Å². The van der Waals surface area contributed by atoms with Gasteiger partial charge in [0.1, 0.15) is 5.69 Å². The van der Waals surface area contributed by atoms with Gasteiger partial charge in [-0.2, -0.15) is 0 Å². The van der Waals surface area contributed by atoms with Gasteiger partial charge in [0.15, 0.2) is 0 Å². The molecule has 7 heteroatoms.